The highest BCUT2D eigenvalue weighted by molar-refractivity contribution is 6.07. The number of nitrogens with zero attached hydrogens (tertiary/aromatic N) is 3. The molecule has 2 heterocycles. The minimum Gasteiger partial charge on any atom is -0.396 e. The number of fused-ring (bicyclic) bond motifs is 1. The molecule has 0 aliphatic carbocycles. The first kappa shape index (κ1) is 24.6. The van der Waals surface area contributed by atoms with E-state index in [-0.39, 0.29) is 30.3 Å². The van der Waals surface area contributed by atoms with Crippen molar-refractivity contribution < 1.29 is 24.7 Å². The van der Waals surface area contributed by atoms with Gasteiger partial charge in [-0.1, -0.05) is 31.2 Å². The zero-order chi connectivity index (χ0) is 25.2. The van der Waals surface area contributed by atoms with Crippen molar-refractivity contribution in [3.05, 3.63) is 75.9 Å². The number of carbonyl (C=O) groups excluding carboxylic acids is 2. The van der Waals surface area contributed by atoms with Crippen LogP contribution in [0.3, 0.4) is 0 Å². The average Bonchev–Trinajstić information content (AvgIpc) is 3.07. The molecular formula is C26H29N3O6. The number of hydrogen-bond acceptors (Lipinski definition) is 6. The Labute approximate surface area is 203 Å². The van der Waals surface area contributed by atoms with Gasteiger partial charge in [0.2, 0.25) is 5.91 Å². The number of amides is 2. The number of nitro groups is 1. The van der Waals surface area contributed by atoms with Gasteiger partial charge in [0.05, 0.1) is 17.2 Å². The van der Waals surface area contributed by atoms with Gasteiger partial charge >= 0.3 is 0 Å². The summed E-state index contributed by atoms with van der Waals surface area (Å²) in [6, 6.07) is 11.5. The summed E-state index contributed by atoms with van der Waals surface area (Å²) in [7, 11) is 0. The van der Waals surface area contributed by atoms with Crippen molar-refractivity contribution in [2.24, 2.45) is 5.92 Å². The van der Waals surface area contributed by atoms with Crippen LogP contribution in [-0.4, -0.2) is 40.1 Å². The predicted molar refractivity (Wildman–Crippen MR) is 131 cm³/mol. The number of benzene rings is 2. The molecule has 9 heteroatoms. The third-order valence-corrected chi connectivity index (χ3v) is 6.73. The minimum absolute atomic E-state index is 0.0698. The van der Waals surface area contributed by atoms with Gasteiger partial charge in [-0.25, -0.2) is 0 Å². The first-order valence-electron chi connectivity index (χ1n) is 11.8. The van der Waals surface area contributed by atoms with Crippen LogP contribution < -0.4 is 9.80 Å². The van der Waals surface area contributed by atoms with Crippen molar-refractivity contribution in [1.29, 1.82) is 0 Å². The molecule has 1 fully saturated rings. The third kappa shape index (κ3) is 4.56. The zero-order valence-corrected chi connectivity index (χ0v) is 19.6. The maximum Gasteiger partial charge on any atom is 0.269 e. The number of non-ortho nitro benzene ring substituents is 1. The van der Waals surface area contributed by atoms with E-state index in [9.17, 15) is 24.8 Å². The maximum atomic E-state index is 13.6. The Balaban J connectivity index is 1.70. The number of hydrogen-bond donors (Lipinski definition) is 2. The molecule has 2 aliphatic heterocycles. The molecule has 0 saturated carbocycles. The van der Waals surface area contributed by atoms with Crippen molar-refractivity contribution in [2.45, 2.75) is 44.8 Å². The zero-order valence-electron chi connectivity index (χ0n) is 19.6. The summed E-state index contributed by atoms with van der Waals surface area (Å²) in [6.45, 7) is 2.38. The molecule has 35 heavy (non-hydrogen) atoms. The minimum atomic E-state index is -1.99. The third-order valence-electron chi connectivity index (χ3n) is 6.73. The fourth-order valence-electron chi connectivity index (χ4n) is 4.80. The number of nitro benzene ring substituents is 1. The van der Waals surface area contributed by atoms with E-state index in [0.29, 0.717) is 25.1 Å². The summed E-state index contributed by atoms with van der Waals surface area (Å²) < 4.78 is 0. The second kappa shape index (κ2) is 9.97. The highest BCUT2D eigenvalue weighted by Crippen LogP contribution is 2.47. The van der Waals surface area contributed by atoms with Crippen LogP contribution >= 0.6 is 0 Å². The van der Waals surface area contributed by atoms with E-state index in [2.05, 4.69) is 0 Å². The lowest BCUT2D eigenvalue weighted by atomic mass is 9.82. The van der Waals surface area contributed by atoms with Gasteiger partial charge in [-0.05, 0) is 43.0 Å². The molecule has 2 aromatic carbocycles. The average molecular weight is 480 g/mol. The van der Waals surface area contributed by atoms with Crippen LogP contribution in [0.25, 0.3) is 0 Å². The second-order valence-corrected chi connectivity index (χ2v) is 9.02. The van der Waals surface area contributed by atoms with Gasteiger partial charge in [0.25, 0.3) is 11.6 Å². The van der Waals surface area contributed by atoms with Crippen LogP contribution in [0.5, 0.6) is 0 Å². The van der Waals surface area contributed by atoms with Gasteiger partial charge in [-0.2, -0.15) is 0 Å². The monoisotopic (exact) mass is 479 g/mol. The number of rotatable bonds is 8. The van der Waals surface area contributed by atoms with E-state index in [1.807, 2.05) is 24.3 Å². The molecular weight excluding hydrogens is 450 g/mol. The van der Waals surface area contributed by atoms with E-state index >= 15 is 0 Å². The number of piperidine rings is 1. The van der Waals surface area contributed by atoms with Gasteiger partial charge in [0, 0.05) is 48.9 Å². The van der Waals surface area contributed by atoms with E-state index in [1.165, 1.54) is 23.1 Å². The Morgan fingerprint density at radius 1 is 1.20 bits per heavy atom. The number of anilines is 2. The highest BCUT2D eigenvalue weighted by Gasteiger charge is 2.53. The molecule has 0 unspecified atom stereocenters. The largest absolute Gasteiger partial charge is 0.396 e. The molecule has 0 spiro atoms. The molecule has 2 aromatic rings. The van der Waals surface area contributed by atoms with Crippen LogP contribution in [0.15, 0.2) is 54.6 Å². The summed E-state index contributed by atoms with van der Waals surface area (Å²) in [5.41, 5.74) is -0.0861. The van der Waals surface area contributed by atoms with Crippen molar-refractivity contribution >= 4 is 28.9 Å². The SMILES string of the molecule is C[C@@H](/C=C/CCO)[C@]1(O)C(=O)N(Cc2cccc(N3CCCCC3=O)c2)c2ccc([N+](=O)[O-])cc21. The number of carbonyl (C=O) groups is 2. The lowest BCUT2D eigenvalue weighted by molar-refractivity contribution is -0.385. The van der Waals surface area contributed by atoms with E-state index in [1.54, 1.807) is 24.0 Å². The Hall–Kier alpha value is -3.56. The molecule has 0 radical (unpaired) electrons. The van der Waals surface area contributed by atoms with Crippen LogP contribution in [0.4, 0.5) is 17.1 Å². The summed E-state index contributed by atoms with van der Waals surface area (Å²) in [5.74, 6) is -1.20. The van der Waals surface area contributed by atoms with Gasteiger partial charge in [-0.15, -0.1) is 0 Å². The molecule has 2 amide bonds. The molecule has 9 nitrogen and oxygen atoms in total. The Morgan fingerprint density at radius 3 is 2.71 bits per heavy atom. The molecule has 0 bridgehead atoms. The quantitative estimate of drug-likeness (QED) is 0.340. The number of aliphatic hydroxyl groups excluding tert-OH is 1. The fourth-order valence-corrected chi connectivity index (χ4v) is 4.80. The Morgan fingerprint density at radius 2 is 2.00 bits per heavy atom. The van der Waals surface area contributed by atoms with Crippen LogP contribution in [-0.2, 0) is 21.7 Å². The number of aliphatic hydroxyl groups is 2. The van der Waals surface area contributed by atoms with Crippen molar-refractivity contribution in [1.82, 2.24) is 0 Å². The van der Waals surface area contributed by atoms with Gasteiger partial charge in [0.15, 0.2) is 5.60 Å². The summed E-state index contributed by atoms with van der Waals surface area (Å²) in [6.07, 6.45) is 6.00. The van der Waals surface area contributed by atoms with Gasteiger partial charge in [-0.3, -0.25) is 19.7 Å². The Kier molecular flexibility index (Phi) is 7.00. The van der Waals surface area contributed by atoms with Crippen molar-refractivity contribution in [2.75, 3.05) is 23.0 Å². The van der Waals surface area contributed by atoms with Crippen LogP contribution in [0.1, 0.15) is 43.7 Å². The predicted octanol–water partition coefficient (Wildman–Crippen LogP) is 3.42. The van der Waals surface area contributed by atoms with Gasteiger partial charge in [0.1, 0.15) is 0 Å². The highest BCUT2D eigenvalue weighted by atomic mass is 16.6. The summed E-state index contributed by atoms with van der Waals surface area (Å²) >= 11 is 0. The molecule has 1 saturated heterocycles. The Bertz CT molecular complexity index is 1180. The molecule has 4 rings (SSSR count). The lowest BCUT2D eigenvalue weighted by Gasteiger charge is -2.28. The molecule has 2 N–H and O–H groups in total. The van der Waals surface area contributed by atoms with Crippen molar-refractivity contribution in [3.8, 4) is 0 Å². The van der Waals surface area contributed by atoms with E-state index in [0.717, 1.165) is 24.1 Å². The fraction of sp³-hybridized carbons (Fsp3) is 0.385. The summed E-state index contributed by atoms with van der Waals surface area (Å²) in [4.78, 5) is 40.1. The first-order valence-corrected chi connectivity index (χ1v) is 11.8. The van der Waals surface area contributed by atoms with E-state index in [4.69, 9.17) is 5.11 Å². The standard InChI is InChI=1S/C26H29N3O6/c1-18(7-3-5-14-30)26(33)22-16-21(29(34)35)11-12-23(22)28(25(26)32)17-19-8-6-9-20(15-19)27-13-4-2-10-24(27)31/h3,6-9,11-12,15-16,18,30,33H,2,4-5,10,13-14,17H2,1H3/b7-3+/t18-,26+/m0/s1. The smallest absolute Gasteiger partial charge is 0.269 e. The van der Waals surface area contributed by atoms with E-state index < -0.39 is 22.3 Å². The van der Waals surface area contributed by atoms with Crippen LogP contribution in [0, 0.1) is 16.0 Å². The first-order chi connectivity index (χ1) is 16.8. The molecule has 184 valence electrons. The molecule has 2 aliphatic rings. The maximum absolute atomic E-state index is 13.6. The lowest BCUT2D eigenvalue weighted by Crippen LogP contribution is -2.44. The topological polar surface area (TPSA) is 124 Å². The second-order valence-electron chi connectivity index (χ2n) is 9.02. The summed E-state index contributed by atoms with van der Waals surface area (Å²) in [5, 5.41) is 32.1. The van der Waals surface area contributed by atoms with Crippen LogP contribution in [0.2, 0.25) is 0 Å². The molecule has 2 atom stereocenters. The van der Waals surface area contributed by atoms with Gasteiger partial charge < -0.3 is 20.0 Å². The normalized spacial score (nSPS) is 21.0. The van der Waals surface area contributed by atoms with Crippen molar-refractivity contribution in [3.63, 3.8) is 0 Å². The molecule has 0 aromatic heterocycles.